The maximum atomic E-state index is 2.34. The zero-order valence-corrected chi connectivity index (χ0v) is 15.9. The molecule has 1 aliphatic carbocycles. The first-order chi connectivity index (χ1) is 12.9. The van der Waals surface area contributed by atoms with Crippen LogP contribution in [0.1, 0.15) is 24.0 Å². The molecular weight excluding hydrogens is 331 g/mol. The van der Waals surface area contributed by atoms with Gasteiger partial charge in [0.25, 0.3) is 0 Å². The maximum absolute atomic E-state index is 2.34. The van der Waals surface area contributed by atoms with Crippen molar-refractivity contribution in [3.05, 3.63) is 108 Å². The van der Waals surface area contributed by atoms with E-state index in [0.717, 1.165) is 21.2 Å². The summed E-state index contributed by atoms with van der Waals surface area (Å²) >= 11 is 0. The van der Waals surface area contributed by atoms with E-state index in [2.05, 4.69) is 97.1 Å². The lowest BCUT2D eigenvalue weighted by molar-refractivity contribution is 1.04. The Bertz CT molecular complexity index is 901. The standard InChI is InChI=1S/C25H23P/c1-3-7-21(8-4-1)23-13-11-20(12-14-23)19-26-25-17-15-24(16-18-25)22-9-5-2-6-10-22/h1,3-5,7-18,26H,2,6,19H2. The van der Waals surface area contributed by atoms with Gasteiger partial charge in [0.05, 0.1) is 0 Å². The fraction of sp³-hybridized carbons (Fsp3) is 0.120. The predicted molar refractivity (Wildman–Crippen MR) is 116 cm³/mol. The molecule has 26 heavy (non-hydrogen) atoms. The van der Waals surface area contributed by atoms with Crippen molar-refractivity contribution in [3.63, 3.8) is 0 Å². The number of hydrogen-bond donors (Lipinski definition) is 0. The summed E-state index contributed by atoms with van der Waals surface area (Å²) in [5.74, 6) is 0. The Hall–Kier alpha value is -2.43. The highest BCUT2D eigenvalue weighted by molar-refractivity contribution is 7.46. The summed E-state index contributed by atoms with van der Waals surface area (Å²) in [6, 6.07) is 28.7. The van der Waals surface area contributed by atoms with Crippen LogP contribution in [0.4, 0.5) is 0 Å². The molecule has 0 amide bonds. The topological polar surface area (TPSA) is 0 Å². The van der Waals surface area contributed by atoms with Crippen molar-refractivity contribution >= 4 is 19.5 Å². The first-order valence-corrected chi connectivity index (χ1v) is 10.4. The third kappa shape index (κ3) is 4.21. The molecule has 0 aliphatic heterocycles. The van der Waals surface area contributed by atoms with E-state index in [-0.39, 0.29) is 0 Å². The summed E-state index contributed by atoms with van der Waals surface area (Å²) < 4.78 is 0. The van der Waals surface area contributed by atoms with Crippen LogP contribution in [0.3, 0.4) is 0 Å². The van der Waals surface area contributed by atoms with Gasteiger partial charge in [-0.3, -0.25) is 0 Å². The minimum Gasteiger partial charge on any atom is -0.0859 e. The maximum Gasteiger partial charge on any atom is -0.00602 e. The van der Waals surface area contributed by atoms with Gasteiger partial charge >= 0.3 is 0 Å². The van der Waals surface area contributed by atoms with Gasteiger partial charge in [-0.25, -0.2) is 0 Å². The lowest BCUT2D eigenvalue weighted by Crippen LogP contribution is -1.96. The van der Waals surface area contributed by atoms with Gasteiger partial charge in [0, 0.05) is 0 Å². The van der Waals surface area contributed by atoms with E-state index in [9.17, 15) is 0 Å². The molecule has 1 aliphatic rings. The van der Waals surface area contributed by atoms with Crippen LogP contribution in [0.2, 0.25) is 0 Å². The van der Waals surface area contributed by atoms with Crippen molar-refractivity contribution < 1.29 is 0 Å². The molecule has 3 aromatic carbocycles. The van der Waals surface area contributed by atoms with Crippen LogP contribution >= 0.6 is 8.58 Å². The van der Waals surface area contributed by atoms with E-state index in [1.165, 1.54) is 39.6 Å². The molecule has 1 atom stereocenters. The molecule has 0 bridgehead atoms. The monoisotopic (exact) mass is 354 g/mol. The van der Waals surface area contributed by atoms with E-state index >= 15 is 0 Å². The van der Waals surface area contributed by atoms with Gasteiger partial charge in [0.2, 0.25) is 0 Å². The van der Waals surface area contributed by atoms with Gasteiger partial charge in [0.1, 0.15) is 0 Å². The van der Waals surface area contributed by atoms with Crippen molar-refractivity contribution in [1.82, 2.24) is 0 Å². The third-order valence-corrected chi connectivity index (χ3v) is 6.10. The Balaban J connectivity index is 1.38. The summed E-state index contributed by atoms with van der Waals surface area (Å²) in [4.78, 5) is 0. The molecule has 0 spiro atoms. The summed E-state index contributed by atoms with van der Waals surface area (Å²) in [6.45, 7) is 0. The van der Waals surface area contributed by atoms with Crippen LogP contribution in [-0.4, -0.2) is 0 Å². The highest BCUT2D eigenvalue weighted by Crippen LogP contribution is 2.25. The molecule has 4 rings (SSSR count). The van der Waals surface area contributed by atoms with Crippen molar-refractivity contribution in [2.45, 2.75) is 19.0 Å². The normalized spacial score (nSPS) is 13.9. The zero-order chi connectivity index (χ0) is 17.6. The Morgan fingerprint density at radius 2 is 1.35 bits per heavy atom. The summed E-state index contributed by atoms with van der Waals surface area (Å²) in [5.41, 5.74) is 6.67. The lowest BCUT2D eigenvalue weighted by atomic mass is 10.00. The van der Waals surface area contributed by atoms with Crippen molar-refractivity contribution in [3.8, 4) is 11.1 Å². The molecule has 1 unspecified atom stereocenters. The Labute approximate surface area is 158 Å². The van der Waals surface area contributed by atoms with Crippen LogP contribution in [0, 0.1) is 0 Å². The van der Waals surface area contributed by atoms with Crippen molar-refractivity contribution in [1.29, 1.82) is 0 Å². The summed E-state index contributed by atoms with van der Waals surface area (Å²) in [7, 11) is 0.813. The molecule has 1 heteroatoms. The van der Waals surface area contributed by atoms with Crippen LogP contribution < -0.4 is 5.30 Å². The number of rotatable bonds is 5. The van der Waals surface area contributed by atoms with E-state index in [0.29, 0.717) is 0 Å². The Morgan fingerprint density at radius 1 is 0.654 bits per heavy atom. The fourth-order valence-corrected chi connectivity index (χ4v) is 4.30. The number of allylic oxidation sites excluding steroid dienone is 4. The SMILES string of the molecule is C1=CC(c2ccc(PCc3ccc(-c4ccccc4)cc3)cc2)=CCC1. The lowest BCUT2D eigenvalue weighted by Gasteiger charge is -2.09. The van der Waals surface area contributed by atoms with E-state index in [1.54, 1.807) is 0 Å². The largest absolute Gasteiger partial charge is 0.0859 e. The van der Waals surface area contributed by atoms with Crippen molar-refractivity contribution in [2.24, 2.45) is 0 Å². The minimum absolute atomic E-state index is 0.813. The average Bonchev–Trinajstić information content (AvgIpc) is 2.74. The summed E-state index contributed by atoms with van der Waals surface area (Å²) in [5, 5.41) is 1.43. The third-order valence-electron chi connectivity index (χ3n) is 4.77. The van der Waals surface area contributed by atoms with Gasteiger partial charge in [-0.1, -0.05) is 106 Å². The van der Waals surface area contributed by atoms with E-state index in [4.69, 9.17) is 0 Å². The molecule has 0 fully saturated rings. The second-order valence-electron chi connectivity index (χ2n) is 6.63. The summed E-state index contributed by atoms with van der Waals surface area (Å²) in [6.07, 6.45) is 10.3. The second-order valence-corrected chi connectivity index (χ2v) is 7.92. The molecule has 0 radical (unpaired) electrons. The Kier molecular flexibility index (Phi) is 5.43. The molecule has 0 aromatic heterocycles. The van der Waals surface area contributed by atoms with Gasteiger partial charge in [-0.15, -0.1) is 0 Å². The molecule has 0 nitrogen and oxygen atoms in total. The van der Waals surface area contributed by atoms with Gasteiger partial charge < -0.3 is 0 Å². The average molecular weight is 354 g/mol. The molecule has 3 aromatic rings. The van der Waals surface area contributed by atoms with Crippen LogP contribution in [-0.2, 0) is 6.16 Å². The fourth-order valence-electron chi connectivity index (χ4n) is 3.26. The molecule has 0 saturated heterocycles. The van der Waals surface area contributed by atoms with Crippen molar-refractivity contribution in [2.75, 3.05) is 0 Å². The highest BCUT2D eigenvalue weighted by Gasteiger charge is 2.02. The minimum atomic E-state index is 0.813. The van der Waals surface area contributed by atoms with Gasteiger partial charge in [0.15, 0.2) is 0 Å². The van der Waals surface area contributed by atoms with Gasteiger partial charge in [-0.05, 0) is 52.1 Å². The number of hydrogen-bond acceptors (Lipinski definition) is 0. The van der Waals surface area contributed by atoms with Crippen LogP contribution in [0.15, 0.2) is 97.1 Å². The van der Waals surface area contributed by atoms with Crippen LogP contribution in [0.5, 0.6) is 0 Å². The molecule has 0 saturated carbocycles. The smallest absolute Gasteiger partial charge is 0.00602 e. The molecule has 0 heterocycles. The number of benzene rings is 3. The molecular formula is C25H23P. The van der Waals surface area contributed by atoms with Gasteiger partial charge in [-0.2, -0.15) is 0 Å². The highest BCUT2D eigenvalue weighted by atomic mass is 31.1. The second kappa shape index (κ2) is 8.30. The predicted octanol–water partition coefficient (Wildman–Crippen LogP) is 6.59. The molecule has 128 valence electrons. The van der Waals surface area contributed by atoms with E-state index in [1.807, 2.05) is 0 Å². The first kappa shape index (κ1) is 17.0. The van der Waals surface area contributed by atoms with E-state index < -0.39 is 0 Å². The zero-order valence-electron chi connectivity index (χ0n) is 14.9. The first-order valence-electron chi connectivity index (χ1n) is 9.24. The quantitative estimate of drug-likeness (QED) is 0.453. The van der Waals surface area contributed by atoms with Crippen LogP contribution in [0.25, 0.3) is 16.7 Å². The molecule has 0 N–H and O–H groups in total. The Morgan fingerprint density at radius 3 is 2.04 bits per heavy atom.